The largest absolute Gasteiger partial charge is 0.305 e. The number of sulfone groups is 1. The monoisotopic (exact) mass is 412 g/mol. The highest BCUT2D eigenvalue weighted by Gasteiger charge is 2.11. The molecule has 1 amide bonds. The maximum Gasteiger partial charge on any atom is 0.252 e. The molecule has 1 heterocycles. The van der Waals surface area contributed by atoms with Crippen LogP contribution in [0.25, 0.3) is 10.2 Å². The number of terminal acetylenes is 1. The van der Waals surface area contributed by atoms with Crippen LogP contribution in [0.3, 0.4) is 0 Å². The van der Waals surface area contributed by atoms with Gasteiger partial charge in [0.1, 0.15) is 0 Å². The zero-order chi connectivity index (χ0) is 20.5. The summed E-state index contributed by atoms with van der Waals surface area (Å²) in [6.45, 7) is 4.41. The fraction of sp³-hybridized carbons (Fsp3) is 0.238. The summed E-state index contributed by atoms with van der Waals surface area (Å²) in [5.41, 5.74) is 4.00. The van der Waals surface area contributed by atoms with Crippen molar-refractivity contribution in [1.29, 1.82) is 0 Å². The maximum absolute atomic E-state index is 12.5. The second-order valence-corrected chi connectivity index (χ2v) is 9.70. The minimum absolute atomic E-state index is 0.0897. The smallest absolute Gasteiger partial charge is 0.252 e. The fourth-order valence-electron chi connectivity index (χ4n) is 2.83. The van der Waals surface area contributed by atoms with E-state index in [1.807, 2.05) is 18.4 Å². The second-order valence-electron chi connectivity index (χ2n) is 6.68. The van der Waals surface area contributed by atoms with E-state index in [1.54, 1.807) is 12.1 Å². The van der Waals surface area contributed by atoms with Gasteiger partial charge in [0, 0.05) is 6.26 Å². The van der Waals surface area contributed by atoms with E-state index in [-0.39, 0.29) is 17.2 Å². The van der Waals surface area contributed by atoms with Gasteiger partial charge in [-0.05, 0) is 54.8 Å². The van der Waals surface area contributed by atoms with Crippen molar-refractivity contribution in [3.63, 3.8) is 0 Å². The molecule has 0 atom stereocenters. The summed E-state index contributed by atoms with van der Waals surface area (Å²) in [5.74, 6) is 2.31. The van der Waals surface area contributed by atoms with Gasteiger partial charge in [0.2, 0.25) is 0 Å². The molecule has 3 rings (SSSR count). The summed E-state index contributed by atoms with van der Waals surface area (Å²) in [4.78, 5) is 17.5. The molecule has 0 N–H and O–H groups in total. The number of benzene rings is 2. The molecule has 0 aliphatic carbocycles. The Kier molecular flexibility index (Phi) is 5.54. The van der Waals surface area contributed by atoms with Crippen LogP contribution in [-0.2, 0) is 27.6 Å². The molecule has 1 aromatic heterocycles. The van der Waals surface area contributed by atoms with Crippen LogP contribution in [0, 0.1) is 26.2 Å². The number of carbonyl (C=O) groups is 1. The van der Waals surface area contributed by atoms with Crippen LogP contribution in [0.2, 0.25) is 0 Å². The first-order chi connectivity index (χ1) is 13.2. The van der Waals surface area contributed by atoms with E-state index in [4.69, 9.17) is 6.42 Å². The molecular weight excluding hydrogens is 392 g/mol. The summed E-state index contributed by atoms with van der Waals surface area (Å²) < 4.78 is 26.0. The van der Waals surface area contributed by atoms with Crippen molar-refractivity contribution in [2.75, 3.05) is 6.26 Å². The van der Waals surface area contributed by atoms with Crippen molar-refractivity contribution in [1.82, 2.24) is 4.57 Å². The van der Waals surface area contributed by atoms with Crippen molar-refractivity contribution in [2.45, 2.75) is 31.7 Å². The Hall–Kier alpha value is -2.69. The van der Waals surface area contributed by atoms with Crippen LogP contribution in [-0.4, -0.2) is 25.1 Å². The zero-order valence-electron chi connectivity index (χ0n) is 15.9. The SMILES string of the molecule is C#CCn1c(=NC(=O)Cc2ccc(S(C)(=O)=O)cc2)sc2cc(C)c(C)cc21. The minimum Gasteiger partial charge on any atom is -0.305 e. The minimum atomic E-state index is -3.26. The number of amides is 1. The van der Waals surface area contributed by atoms with Gasteiger partial charge in [-0.15, -0.1) is 6.42 Å². The van der Waals surface area contributed by atoms with Gasteiger partial charge >= 0.3 is 0 Å². The molecule has 0 aliphatic rings. The number of rotatable bonds is 4. The molecule has 0 saturated heterocycles. The zero-order valence-corrected chi connectivity index (χ0v) is 17.5. The second kappa shape index (κ2) is 7.74. The Morgan fingerprint density at radius 1 is 1.18 bits per heavy atom. The average molecular weight is 413 g/mol. The average Bonchev–Trinajstić information content (AvgIpc) is 2.92. The molecule has 0 fully saturated rings. The third-order valence-corrected chi connectivity index (χ3v) is 6.64. The predicted octanol–water partition coefficient (Wildman–Crippen LogP) is 3.03. The Balaban J connectivity index is 1.96. The van der Waals surface area contributed by atoms with Crippen LogP contribution in [0.1, 0.15) is 16.7 Å². The van der Waals surface area contributed by atoms with E-state index in [2.05, 4.69) is 23.0 Å². The van der Waals surface area contributed by atoms with Gasteiger partial charge in [-0.3, -0.25) is 4.79 Å². The molecule has 0 saturated carbocycles. The predicted molar refractivity (Wildman–Crippen MR) is 112 cm³/mol. The standard InChI is InChI=1S/C21H20N2O3S2/c1-5-10-23-18-11-14(2)15(3)12-19(18)27-21(23)22-20(24)13-16-6-8-17(9-7-16)28(4,25)26/h1,6-9,11-12H,10,13H2,2-4H3. The molecule has 0 radical (unpaired) electrons. The molecule has 7 heteroatoms. The molecule has 0 aliphatic heterocycles. The van der Waals surface area contributed by atoms with Gasteiger partial charge in [-0.1, -0.05) is 29.4 Å². The summed E-state index contributed by atoms with van der Waals surface area (Å²) in [6, 6.07) is 10.4. The van der Waals surface area contributed by atoms with E-state index in [1.165, 1.54) is 29.0 Å². The number of hydrogen-bond acceptors (Lipinski definition) is 4. The van der Waals surface area contributed by atoms with E-state index in [0.29, 0.717) is 16.9 Å². The summed E-state index contributed by atoms with van der Waals surface area (Å²) in [7, 11) is -3.26. The van der Waals surface area contributed by atoms with Gasteiger partial charge in [0.05, 0.1) is 28.1 Å². The lowest BCUT2D eigenvalue weighted by Crippen LogP contribution is -2.17. The molecule has 144 valence electrons. The number of aromatic nitrogens is 1. The topological polar surface area (TPSA) is 68.5 Å². The maximum atomic E-state index is 12.5. The molecule has 0 spiro atoms. The molecule has 28 heavy (non-hydrogen) atoms. The first kappa shape index (κ1) is 20.1. The van der Waals surface area contributed by atoms with Gasteiger partial charge in [-0.25, -0.2) is 8.42 Å². The fourth-order valence-corrected chi connectivity index (χ4v) is 4.58. The lowest BCUT2D eigenvalue weighted by atomic mass is 10.1. The Labute approximate surface area is 168 Å². The van der Waals surface area contributed by atoms with Crippen molar-refractivity contribution >= 4 is 37.3 Å². The number of aryl methyl sites for hydroxylation is 2. The summed E-state index contributed by atoms with van der Waals surface area (Å²) in [6.07, 6.45) is 6.75. The number of fused-ring (bicyclic) bond motifs is 1. The highest BCUT2D eigenvalue weighted by molar-refractivity contribution is 7.90. The van der Waals surface area contributed by atoms with Crippen LogP contribution < -0.4 is 4.80 Å². The van der Waals surface area contributed by atoms with Crippen LogP contribution in [0.5, 0.6) is 0 Å². The molecule has 2 aromatic carbocycles. The Bertz CT molecular complexity index is 1270. The van der Waals surface area contributed by atoms with Gasteiger partial charge in [-0.2, -0.15) is 4.99 Å². The van der Waals surface area contributed by atoms with Crippen molar-refractivity contribution in [2.24, 2.45) is 4.99 Å². The first-order valence-electron chi connectivity index (χ1n) is 8.59. The number of carbonyl (C=O) groups excluding carboxylic acids is 1. The summed E-state index contributed by atoms with van der Waals surface area (Å²) >= 11 is 1.43. The van der Waals surface area contributed by atoms with Crippen LogP contribution >= 0.6 is 11.3 Å². The first-order valence-corrected chi connectivity index (χ1v) is 11.3. The number of thiazole rings is 1. The van der Waals surface area contributed by atoms with E-state index >= 15 is 0 Å². The van der Waals surface area contributed by atoms with Crippen molar-refractivity contribution < 1.29 is 13.2 Å². The normalized spacial score (nSPS) is 12.3. The van der Waals surface area contributed by atoms with E-state index in [9.17, 15) is 13.2 Å². The molecule has 0 bridgehead atoms. The highest BCUT2D eigenvalue weighted by atomic mass is 32.2. The Morgan fingerprint density at radius 2 is 1.82 bits per heavy atom. The van der Waals surface area contributed by atoms with Gasteiger partial charge in [0.25, 0.3) is 5.91 Å². The number of hydrogen-bond donors (Lipinski definition) is 0. The lowest BCUT2D eigenvalue weighted by Gasteiger charge is -2.03. The van der Waals surface area contributed by atoms with Crippen LogP contribution in [0.4, 0.5) is 0 Å². The van der Waals surface area contributed by atoms with Crippen LogP contribution in [0.15, 0.2) is 46.3 Å². The van der Waals surface area contributed by atoms with Gasteiger partial charge in [0.15, 0.2) is 14.6 Å². The highest BCUT2D eigenvalue weighted by Crippen LogP contribution is 2.22. The van der Waals surface area contributed by atoms with Crippen molar-refractivity contribution in [3.8, 4) is 12.3 Å². The third kappa shape index (κ3) is 4.24. The molecule has 0 unspecified atom stereocenters. The van der Waals surface area contributed by atoms with Gasteiger partial charge < -0.3 is 4.57 Å². The molecule has 5 nitrogen and oxygen atoms in total. The molecule has 3 aromatic rings. The number of nitrogens with zero attached hydrogens (tertiary/aromatic N) is 2. The van der Waals surface area contributed by atoms with Crippen molar-refractivity contribution in [3.05, 3.63) is 57.9 Å². The van der Waals surface area contributed by atoms with E-state index in [0.717, 1.165) is 22.0 Å². The Morgan fingerprint density at radius 3 is 2.43 bits per heavy atom. The quantitative estimate of drug-likeness (QED) is 0.619. The third-order valence-electron chi connectivity index (χ3n) is 4.47. The summed E-state index contributed by atoms with van der Waals surface area (Å²) in [5, 5.41) is 0. The van der Waals surface area contributed by atoms with E-state index < -0.39 is 9.84 Å². The molecular formula is C21H20N2O3S2. The lowest BCUT2D eigenvalue weighted by molar-refractivity contribution is -0.117.